The van der Waals surface area contributed by atoms with Crippen molar-refractivity contribution in [3.05, 3.63) is 59.7 Å². The Bertz CT molecular complexity index is 1030. The zero-order valence-corrected chi connectivity index (χ0v) is 19.1. The average Bonchev–Trinajstić information content (AvgIpc) is 2.83. The van der Waals surface area contributed by atoms with Crippen molar-refractivity contribution < 1.29 is 32.3 Å². The number of rotatable bonds is 6. The molecule has 1 heterocycles. The van der Waals surface area contributed by atoms with Gasteiger partial charge in [-0.1, -0.05) is 30.3 Å². The topological polar surface area (TPSA) is 66.9 Å². The number of ether oxygens (including phenoxy) is 1. The lowest BCUT2D eigenvalue weighted by Gasteiger charge is -2.32. The molecule has 1 aliphatic rings. The third kappa shape index (κ3) is 5.95. The highest BCUT2D eigenvalue weighted by atomic mass is 19.4. The summed E-state index contributed by atoms with van der Waals surface area (Å²) >= 11 is 0. The average molecular weight is 476 g/mol. The molecular formula is C25H27F3N2O4. The summed E-state index contributed by atoms with van der Waals surface area (Å²) in [6.45, 7) is 2.74. The number of halogens is 3. The van der Waals surface area contributed by atoms with Crippen molar-refractivity contribution in [3.8, 4) is 11.1 Å². The molecule has 6 nitrogen and oxygen atoms in total. The number of benzene rings is 2. The van der Waals surface area contributed by atoms with Gasteiger partial charge >= 0.3 is 12.1 Å². The SMILES string of the molecule is CCOC(=O)C1CCN(C(=O)CN(C)C(=O)c2ccccc2-c2ccc(C(F)(F)F)cc2)CC1. The summed E-state index contributed by atoms with van der Waals surface area (Å²) in [4.78, 5) is 40.7. The molecule has 0 N–H and O–H groups in total. The fraction of sp³-hybridized carbons (Fsp3) is 0.400. The van der Waals surface area contributed by atoms with E-state index in [4.69, 9.17) is 4.74 Å². The lowest BCUT2D eigenvalue weighted by Crippen LogP contribution is -2.45. The minimum Gasteiger partial charge on any atom is -0.466 e. The first kappa shape index (κ1) is 25.3. The van der Waals surface area contributed by atoms with Crippen LogP contribution in [0.3, 0.4) is 0 Å². The van der Waals surface area contributed by atoms with Gasteiger partial charge in [-0.2, -0.15) is 13.2 Å². The van der Waals surface area contributed by atoms with Crippen molar-refractivity contribution in [2.24, 2.45) is 5.92 Å². The summed E-state index contributed by atoms with van der Waals surface area (Å²) in [5.41, 5.74) is 0.474. The van der Waals surface area contributed by atoms with Gasteiger partial charge in [0, 0.05) is 25.7 Å². The Labute approximate surface area is 196 Å². The van der Waals surface area contributed by atoms with Crippen LogP contribution in [0.5, 0.6) is 0 Å². The maximum atomic E-state index is 13.1. The van der Waals surface area contributed by atoms with Gasteiger partial charge in [-0.25, -0.2) is 0 Å². The monoisotopic (exact) mass is 476 g/mol. The van der Waals surface area contributed by atoms with Gasteiger partial charge in [-0.3, -0.25) is 14.4 Å². The molecule has 2 aromatic carbocycles. The Morgan fingerprint density at radius 3 is 2.24 bits per heavy atom. The molecule has 0 atom stereocenters. The molecular weight excluding hydrogens is 449 g/mol. The molecule has 0 spiro atoms. The van der Waals surface area contributed by atoms with Crippen molar-refractivity contribution in [1.82, 2.24) is 9.80 Å². The Morgan fingerprint density at radius 2 is 1.65 bits per heavy atom. The van der Waals surface area contributed by atoms with E-state index >= 15 is 0 Å². The van der Waals surface area contributed by atoms with E-state index in [1.165, 1.54) is 24.1 Å². The van der Waals surface area contributed by atoms with Crippen LogP contribution in [0.1, 0.15) is 35.7 Å². The van der Waals surface area contributed by atoms with Crippen molar-refractivity contribution in [2.75, 3.05) is 33.3 Å². The number of likely N-dealkylation sites (tertiary alicyclic amines) is 1. The largest absolute Gasteiger partial charge is 0.466 e. The quantitative estimate of drug-likeness (QED) is 0.585. The third-order valence-electron chi connectivity index (χ3n) is 5.87. The van der Waals surface area contributed by atoms with E-state index in [2.05, 4.69) is 0 Å². The number of amides is 2. The van der Waals surface area contributed by atoms with E-state index in [0.29, 0.717) is 49.2 Å². The van der Waals surface area contributed by atoms with E-state index in [9.17, 15) is 27.6 Å². The molecule has 9 heteroatoms. The molecule has 34 heavy (non-hydrogen) atoms. The smallest absolute Gasteiger partial charge is 0.416 e. The third-order valence-corrected chi connectivity index (χ3v) is 5.87. The van der Waals surface area contributed by atoms with Gasteiger partial charge in [0.2, 0.25) is 5.91 Å². The molecule has 0 unspecified atom stereocenters. The van der Waals surface area contributed by atoms with Gasteiger partial charge in [0.1, 0.15) is 0 Å². The Balaban J connectivity index is 1.66. The summed E-state index contributed by atoms with van der Waals surface area (Å²) in [6, 6.07) is 11.2. The highest BCUT2D eigenvalue weighted by molar-refractivity contribution is 6.02. The van der Waals surface area contributed by atoms with E-state index in [0.717, 1.165) is 12.1 Å². The number of carbonyl (C=O) groups is 3. The molecule has 0 bridgehead atoms. The van der Waals surface area contributed by atoms with Crippen LogP contribution in [0.15, 0.2) is 48.5 Å². The van der Waals surface area contributed by atoms with Crippen LogP contribution in [0.4, 0.5) is 13.2 Å². The molecule has 182 valence electrons. The first-order valence-corrected chi connectivity index (χ1v) is 11.1. The molecule has 0 aromatic heterocycles. The van der Waals surface area contributed by atoms with Crippen LogP contribution < -0.4 is 0 Å². The van der Waals surface area contributed by atoms with E-state index < -0.39 is 17.6 Å². The van der Waals surface area contributed by atoms with Gasteiger partial charge in [0.15, 0.2) is 0 Å². The van der Waals surface area contributed by atoms with Crippen LogP contribution in [-0.4, -0.2) is 60.9 Å². The molecule has 2 amide bonds. The first-order chi connectivity index (χ1) is 16.1. The van der Waals surface area contributed by atoms with Gasteiger partial charge in [0.25, 0.3) is 5.91 Å². The van der Waals surface area contributed by atoms with Crippen LogP contribution in [0, 0.1) is 5.92 Å². The molecule has 1 fully saturated rings. The van der Waals surface area contributed by atoms with E-state index in [-0.39, 0.29) is 24.3 Å². The number of likely N-dealkylation sites (N-methyl/N-ethyl adjacent to an activating group) is 1. The lowest BCUT2D eigenvalue weighted by molar-refractivity contribution is -0.151. The van der Waals surface area contributed by atoms with Gasteiger partial charge in [-0.05, 0) is 49.1 Å². The summed E-state index contributed by atoms with van der Waals surface area (Å²) in [5, 5.41) is 0. The highest BCUT2D eigenvalue weighted by Crippen LogP contribution is 2.32. The minimum absolute atomic E-state index is 0.149. The summed E-state index contributed by atoms with van der Waals surface area (Å²) in [7, 11) is 1.51. The molecule has 0 aliphatic carbocycles. The molecule has 2 aromatic rings. The normalized spacial score (nSPS) is 14.6. The number of hydrogen-bond acceptors (Lipinski definition) is 4. The van der Waals surface area contributed by atoms with E-state index in [1.807, 2.05) is 0 Å². The number of piperidine rings is 1. The molecule has 0 radical (unpaired) electrons. The summed E-state index contributed by atoms with van der Waals surface area (Å²) in [6.07, 6.45) is -3.42. The molecule has 1 aliphatic heterocycles. The van der Waals surface area contributed by atoms with Crippen molar-refractivity contribution >= 4 is 17.8 Å². The van der Waals surface area contributed by atoms with Gasteiger partial charge in [0.05, 0.1) is 24.6 Å². The Hall–Kier alpha value is -3.36. The van der Waals surface area contributed by atoms with Crippen molar-refractivity contribution in [1.29, 1.82) is 0 Å². The standard InChI is InChI=1S/C25H27F3N2O4/c1-3-34-24(33)18-12-14-30(15-13-18)22(31)16-29(2)23(32)21-7-5-4-6-20(21)17-8-10-19(11-9-17)25(26,27)28/h4-11,18H,3,12-16H2,1-2H3. The minimum atomic E-state index is -4.45. The van der Waals surface area contributed by atoms with E-state index in [1.54, 1.807) is 36.1 Å². The predicted octanol–water partition coefficient (Wildman–Crippen LogP) is 4.25. The maximum Gasteiger partial charge on any atom is 0.416 e. The van der Waals surface area contributed by atoms with Crippen LogP contribution in [0.25, 0.3) is 11.1 Å². The Kier molecular flexibility index (Phi) is 7.96. The van der Waals surface area contributed by atoms with Crippen molar-refractivity contribution in [3.63, 3.8) is 0 Å². The number of hydrogen-bond donors (Lipinski definition) is 0. The summed E-state index contributed by atoms with van der Waals surface area (Å²) in [5.74, 6) is -1.11. The molecule has 3 rings (SSSR count). The van der Waals surface area contributed by atoms with Crippen LogP contribution in [0.2, 0.25) is 0 Å². The predicted molar refractivity (Wildman–Crippen MR) is 120 cm³/mol. The van der Waals surface area contributed by atoms with Gasteiger partial charge < -0.3 is 14.5 Å². The first-order valence-electron chi connectivity index (χ1n) is 11.1. The number of esters is 1. The maximum absolute atomic E-state index is 13.1. The van der Waals surface area contributed by atoms with Crippen LogP contribution in [-0.2, 0) is 20.5 Å². The fourth-order valence-corrected chi connectivity index (χ4v) is 3.97. The molecule has 0 saturated carbocycles. The fourth-order valence-electron chi connectivity index (χ4n) is 3.97. The Morgan fingerprint density at radius 1 is 1.03 bits per heavy atom. The van der Waals surface area contributed by atoms with Crippen LogP contribution >= 0.6 is 0 Å². The zero-order valence-electron chi connectivity index (χ0n) is 19.1. The van der Waals surface area contributed by atoms with Gasteiger partial charge in [-0.15, -0.1) is 0 Å². The number of alkyl halides is 3. The zero-order chi connectivity index (χ0) is 24.9. The van der Waals surface area contributed by atoms with Crippen molar-refractivity contribution in [2.45, 2.75) is 25.9 Å². The second-order valence-corrected chi connectivity index (χ2v) is 8.19. The second-order valence-electron chi connectivity index (χ2n) is 8.19. The number of nitrogens with zero attached hydrogens (tertiary/aromatic N) is 2. The summed E-state index contributed by atoms with van der Waals surface area (Å²) < 4.78 is 43.7. The molecule has 1 saturated heterocycles. The lowest BCUT2D eigenvalue weighted by atomic mass is 9.97. The number of carbonyl (C=O) groups excluding carboxylic acids is 3. The highest BCUT2D eigenvalue weighted by Gasteiger charge is 2.31. The second kappa shape index (κ2) is 10.7.